The van der Waals surface area contributed by atoms with Crippen molar-refractivity contribution in [3.63, 3.8) is 0 Å². The van der Waals surface area contributed by atoms with E-state index in [0.29, 0.717) is 10.8 Å². The van der Waals surface area contributed by atoms with Gasteiger partial charge in [0.2, 0.25) is 0 Å². The Labute approximate surface area is 91.4 Å². The molecule has 0 bridgehead atoms. The van der Waals surface area contributed by atoms with Crippen molar-refractivity contribution < 1.29 is 0 Å². The predicted molar refractivity (Wildman–Crippen MR) is 64.2 cm³/mol. The first kappa shape index (κ1) is 10.2. The van der Waals surface area contributed by atoms with Crippen LogP contribution in [0.1, 0.15) is 49.9 Å². The summed E-state index contributed by atoms with van der Waals surface area (Å²) in [5.74, 6) is 0. The minimum absolute atomic E-state index is 0.332. The first-order chi connectivity index (χ1) is 6.28. The van der Waals surface area contributed by atoms with E-state index in [2.05, 4.69) is 40.7 Å². The van der Waals surface area contributed by atoms with Gasteiger partial charge in [0.05, 0.1) is 0 Å². The highest BCUT2D eigenvalue weighted by atomic mass is 32.1. The Bertz CT molecular complexity index is 324. The molecule has 1 heterocycles. The summed E-state index contributed by atoms with van der Waals surface area (Å²) >= 11 is 2.03. The molecule has 2 rings (SSSR count). The summed E-state index contributed by atoms with van der Waals surface area (Å²) in [5, 5.41) is 0. The van der Waals surface area contributed by atoms with E-state index in [4.69, 9.17) is 0 Å². The molecule has 0 amide bonds. The zero-order valence-electron chi connectivity index (χ0n) is 9.90. The van der Waals surface area contributed by atoms with E-state index >= 15 is 0 Å². The summed E-state index contributed by atoms with van der Waals surface area (Å²) in [4.78, 5) is 3.19. The lowest BCUT2D eigenvalue weighted by molar-refractivity contribution is 0.393. The lowest BCUT2D eigenvalue weighted by Crippen LogP contribution is -2.12. The van der Waals surface area contributed by atoms with E-state index in [-0.39, 0.29) is 0 Å². The minimum Gasteiger partial charge on any atom is -0.145 e. The third-order valence-corrected chi connectivity index (χ3v) is 4.55. The molecule has 0 radical (unpaired) electrons. The first-order valence-corrected chi connectivity index (χ1v) is 6.22. The largest absolute Gasteiger partial charge is 0.145 e. The molecule has 0 fully saturated rings. The highest BCUT2D eigenvalue weighted by Gasteiger charge is 2.31. The van der Waals surface area contributed by atoms with E-state index in [0.717, 1.165) is 0 Å². The van der Waals surface area contributed by atoms with Gasteiger partial charge in [-0.05, 0) is 35.3 Å². The van der Waals surface area contributed by atoms with Crippen LogP contribution in [0.4, 0.5) is 0 Å². The van der Waals surface area contributed by atoms with Gasteiger partial charge < -0.3 is 0 Å². The second-order valence-electron chi connectivity index (χ2n) is 6.33. The van der Waals surface area contributed by atoms with Gasteiger partial charge in [-0.15, -0.1) is 11.3 Å². The van der Waals surface area contributed by atoms with Gasteiger partial charge in [-0.1, -0.05) is 34.6 Å². The Morgan fingerprint density at radius 2 is 1.86 bits per heavy atom. The highest BCUT2D eigenvalue weighted by molar-refractivity contribution is 7.12. The van der Waals surface area contributed by atoms with Gasteiger partial charge in [0, 0.05) is 9.75 Å². The molecule has 0 atom stereocenters. The molecule has 1 aromatic rings. The number of thiophene rings is 1. The van der Waals surface area contributed by atoms with Crippen LogP contribution in [0.25, 0.3) is 0 Å². The van der Waals surface area contributed by atoms with Crippen molar-refractivity contribution in [1.82, 2.24) is 0 Å². The molecular weight excluding hydrogens is 188 g/mol. The van der Waals surface area contributed by atoms with Crippen LogP contribution < -0.4 is 0 Å². The topological polar surface area (TPSA) is 0 Å². The van der Waals surface area contributed by atoms with Crippen LogP contribution in [0.15, 0.2) is 6.07 Å². The number of hydrogen-bond acceptors (Lipinski definition) is 1. The van der Waals surface area contributed by atoms with Crippen molar-refractivity contribution in [1.29, 1.82) is 0 Å². The fourth-order valence-electron chi connectivity index (χ4n) is 2.15. The molecule has 1 heteroatoms. The maximum Gasteiger partial charge on any atom is 0.0105 e. The normalized spacial score (nSPS) is 19.8. The van der Waals surface area contributed by atoms with Crippen LogP contribution in [0, 0.1) is 5.41 Å². The Balaban J connectivity index is 2.32. The van der Waals surface area contributed by atoms with Crippen LogP contribution >= 0.6 is 11.3 Å². The average molecular weight is 208 g/mol. The Kier molecular flexibility index (Phi) is 2.08. The molecule has 78 valence electrons. The third-order valence-electron chi connectivity index (χ3n) is 2.94. The Morgan fingerprint density at radius 1 is 1.21 bits per heavy atom. The standard InChI is InChI=1S/C13H20S/c1-12(2,3)11-6-9-7-13(4,5)8-10(9)14-11/h6H,7-8H2,1-5H3. The average Bonchev–Trinajstić information content (AvgIpc) is 2.37. The van der Waals surface area contributed by atoms with Crippen molar-refractivity contribution in [2.75, 3.05) is 0 Å². The van der Waals surface area contributed by atoms with Gasteiger partial charge in [-0.3, -0.25) is 0 Å². The molecule has 0 aromatic carbocycles. The van der Waals surface area contributed by atoms with Gasteiger partial charge in [-0.2, -0.15) is 0 Å². The molecule has 1 aromatic heterocycles. The summed E-state index contributed by atoms with van der Waals surface area (Å²) in [6, 6.07) is 2.44. The van der Waals surface area contributed by atoms with Gasteiger partial charge >= 0.3 is 0 Å². The second-order valence-corrected chi connectivity index (χ2v) is 7.46. The Morgan fingerprint density at radius 3 is 2.36 bits per heavy atom. The van der Waals surface area contributed by atoms with Crippen LogP contribution in [-0.4, -0.2) is 0 Å². The lowest BCUT2D eigenvalue weighted by Gasteiger charge is -2.18. The highest BCUT2D eigenvalue weighted by Crippen LogP contribution is 2.43. The number of fused-ring (bicyclic) bond motifs is 1. The predicted octanol–water partition coefficient (Wildman–Crippen LogP) is 4.17. The number of hydrogen-bond donors (Lipinski definition) is 0. The summed E-state index contributed by atoms with van der Waals surface area (Å²) in [5.41, 5.74) is 2.46. The van der Waals surface area contributed by atoms with Crippen molar-refractivity contribution in [2.24, 2.45) is 5.41 Å². The van der Waals surface area contributed by atoms with Crippen LogP contribution in [0.2, 0.25) is 0 Å². The van der Waals surface area contributed by atoms with E-state index in [1.54, 1.807) is 15.3 Å². The van der Waals surface area contributed by atoms with E-state index in [1.807, 2.05) is 11.3 Å². The Hall–Kier alpha value is -0.300. The quantitative estimate of drug-likeness (QED) is 0.600. The van der Waals surface area contributed by atoms with Crippen molar-refractivity contribution in [3.05, 3.63) is 21.4 Å². The molecule has 14 heavy (non-hydrogen) atoms. The maximum atomic E-state index is 2.44. The van der Waals surface area contributed by atoms with Gasteiger partial charge in [0.25, 0.3) is 0 Å². The van der Waals surface area contributed by atoms with Crippen molar-refractivity contribution >= 4 is 11.3 Å². The summed E-state index contributed by atoms with van der Waals surface area (Å²) in [6.07, 6.45) is 2.55. The number of rotatable bonds is 0. The fourth-order valence-corrected chi connectivity index (χ4v) is 3.65. The molecule has 0 unspecified atom stereocenters. The van der Waals surface area contributed by atoms with Crippen LogP contribution in [-0.2, 0) is 18.3 Å². The van der Waals surface area contributed by atoms with E-state index < -0.39 is 0 Å². The third kappa shape index (κ3) is 1.75. The first-order valence-electron chi connectivity index (χ1n) is 5.40. The smallest absolute Gasteiger partial charge is 0.0105 e. The molecule has 0 saturated carbocycles. The lowest BCUT2D eigenvalue weighted by atomic mass is 9.90. The SMILES string of the molecule is CC1(C)Cc2cc(C(C)(C)C)sc2C1. The van der Waals surface area contributed by atoms with E-state index in [1.165, 1.54) is 12.8 Å². The molecular formula is C13H20S. The molecule has 0 nitrogen and oxygen atoms in total. The maximum absolute atomic E-state index is 2.44. The zero-order chi connectivity index (χ0) is 10.6. The van der Waals surface area contributed by atoms with Crippen LogP contribution in [0.5, 0.6) is 0 Å². The van der Waals surface area contributed by atoms with Crippen molar-refractivity contribution in [2.45, 2.75) is 52.9 Å². The summed E-state index contributed by atoms with van der Waals surface area (Å²) < 4.78 is 0. The fraction of sp³-hybridized carbons (Fsp3) is 0.692. The molecule has 0 saturated heterocycles. The molecule has 1 aliphatic rings. The van der Waals surface area contributed by atoms with Crippen molar-refractivity contribution in [3.8, 4) is 0 Å². The molecule has 1 aliphatic carbocycles. The van der Waals surface area contributed by atoms with Crippen LogP contribution in [0.3, 0.4) is 0 Å². The zero-order valence-corrected chi connectivity index (χ0v) is 10.7. The molecule has 0 N–H and O–H groups in total. The molecule has 0 aliphatic heterocycles. The van der Waals surface area contributed by atoms with Gasteiger partial charge in [-0.25, -0.2) is 0 Å². The van der Waals surface area contributed by atoms with Gasteiger partial charge in [0.1, 0.15) is 0 Å². The summed E-state index contributed by atoms with van der Waals surface area (Å²) in [6.45, 7) is 11.7. The van der Waals surface area contributed by atoms with E-state index in [9.17, 15) is 0 Å². The monoisotopic (exact) mass is 208 g/mol. The second kappa shape index (κ2) is 2.85. The van der Waals surface area contributed by atoms with Gasteiger partial charge in [0.15, 0.2) is 0 Å². The summed E-state index contributed by atoms with van der Waals surface area (Å²) in [7, 11) is 0. The minimum atomic E-state index is 0.332. The molecule has 0 spiro atoms.